The molecule has 0 bridgehead atoms. The normalized spacial score (nSPS) is 28.7. The van der Waals surface area contributed by atoms with Crippen molar-refractivity contribution in [1.29, 1.82) is 0 Å². The number of hydrogen-bond acceptors (Lipinski definition) is 3. The lowest BCUT2D eigenvalue weighted by molar-refractivity contribution is -0.125. The van der Waals surface area contributed by atoms with Crippen LogP contribution in [0.1, 0.15) is 13.3 Å². The van der Waals surface area contributed by atoms with Gasteiger partial charge in [-0.25, -0.2) is 0 Å². The largest absolute Gasteiger partial charge is 0.388 e. The molecule has 1 fully saturated rings. The molecule has 1 heterocycles. The van der Waals surface area contributed by atoms with Crippen molar-refractivity contribution in [3.63, 3.8) is 0 Å². The van der Waals surface area contributed by atoms with Gasteiger partial charge in [0.2, 0.25) is 5.91 Å². The van der Waals surface area contributed by atoms with E-state index in [1.165, 1.54) is 11.0 Å². The summed E-state index contributed by atoms with van der Waals surface area (Å²) in [5, 5.41) is 18.3. The molecule has 0 spiro atoms. The van der Waals surface area contributed by atoms with Crippen LogP contribution in [0.4, 0.5) is 0 Å². The van der Waals surface area contributed by atoms with Gasteiger partial charge in [-0.15, -0.1) is 0 Å². The fraction of sp³-hybridized carbons (Fsp3) is 0.667. The Balaban J connectivity index is 2.46. The summed E-state index contributed by atoms with van der Waals surface area (Å²) in [5.74, 6) is -0.141. The Morgan fingerprint density at radius 2 is 2.00 bits per heavy atom. The standard InChI is InChI=1S/C9H15NO3/c1-2-3-4-9(13)10-5-7(11)8(12)6-10/h3-4,7-8,11-12H,2,5-6H2,1H3/b4-3+/t7-,8+. The highest BCUT2D eigenvalue weighted by molar-refractivity contribution is 5.87. The monoisotopic (exact) mass is 185 g/mol. The summed E-state index contributed by atoms with van der Waals surface area (Å²) < 4.78 is 0. The van der Waals surface area contributed by atoms with E-state index >= 15 is 0 Å². The smallest absolute Gasteiger partial charge is 0.246 e. The van der Waals surface area contributed by atoms with Crippen molar-refractivity contribution in [3.05, 3.63) is 12.2 Å². The zero-order valence-electron chi connectivity index (χ0n) is 7.68. The van der Waals surface area contributed by atoms with E-state index < -0.39 is 12.2 Å². The van der Waals surface area contributed by atoms with Crippen LogP contribution in [-0.4, -0.2) is 46.3 Å². The van der Waals surface area contributed by atoms with Gasteiger partial charge in [0.05, 0.1) is 12.2 Å². The first-order valence-corrected chi connectivity index (χ1v) is 4.46. The van der Waals surface area contributed by atoms with Gasteiger partial charge in [0, 0.05) is 13.1 Å². The molecular weight excluding hydrogens is 170 g/mol. The minimum absolute atomic E-state index is 0.141. The molecule has 0 aromatic rings. The minimum atomic E-state index is -0.793. The molecule has 0 aromatic carbocycles. The number of hydrogen-bond donors (Lipinski definition) is 2. The quantitative estimate of drug-likeness (QED) is 0.571. The Morgan fingerprint density at radius 1 is 1.46 bits per heavy atom. The van der Waals surface area contributed by atoms with Crippen molar-refractivity contribution in [2.24, 2.45) is 0 Å². The highest BCUT2D eigenvalue weighted by Crippen LogP contribution is 2.10. The van der Waals surface area contributed by atoms with Gasteiger partial charge in [0.1, 0.15) is 0 Å². The van der Waals surface area contributed by atoms with Gasteiger partial charge >= 0.3 is 0 Å². The van der Waals surface area contributed by atoms with E-state index in [1.54, 1.807) is 6.08 Å². The van der Waals surface area contributed by atoms with Crippen molar-refractivity contribution in [2.75, 3.05) is 13.1 Å². The maximum atomic E-state index is 11.3. The molecule has 2 N–H and O–H groups in total. The molecule has 0 saturated carbocycles. The SMILES string of the molecule is CC/C=C/C(=O)N1C[C@@H](O)[C@@H](O)C1. The highest BCUT2D eigenvalue weighted by atomic mass is 16.3. The molecular formula is C9H15NO3. The molecule has 0 radical (unpaired) electrons. The lowest BCUT2D eigenvalue weighted by atomic mass is 10.3. The second kappa shape index (κ2) is 4.39. The van der Waals surface area contributed by atoms with E-state index in [4.69, 9.17) is 0 Å². The Hall–Kier alpha value is -0.870. The summed E-state index contributed by atoms with van der Waals surface area (Å²) in [5.41, 5.74) is 0. The molecule has 13 heavy (non-hydrogen) atoms. The predicted octanol–water partition coefficient (Wildman–Crippen LogP) is -0.483. The number of carbonyl (C=O) groups is 1. The summed E-state index contributed by atoms with van der Waals surface area (Å²) in [6.45, 7) is 2.40. The van der Waals surface area contributed by atoms with Gasteiger partial charge in [-0.05, 0) is 12.5 Å². The second-order valence-electron chi connectivity index (χ2n) is 3.19. The summed E-state index contributed by atoms with van der Waals surface area (Å²) in [6, 6.07) is 0. The Bertz CT molecular complexity index is 205. The molecule has 2 atom stereocenters. The molecule has 4 heteroatoms. The number of aliphatic hydroxyl groups is 2. The highest BCUT2D eigenvalue weighted by Gasteiger charge is 2.31. The van der Waals surface area contributed by atoms with Gasteiger partial charge in [0.25, 0.3) is 0 Å². The van der Waals surface area contributed by atoms with Crippen LogP contribution in [-0.2, 0) is 4.79 Å². The number of allylic oxidation sites excluding steroid dienone is 1. The second-order valence-corrected chi connectivity index (χ2v) is 3.19. The summed E-state index contributed by atoms with van der Waals surface area (Å²) in [4.78, 5) is 12.8. The maximum Gasteiger partial charge on any atom is 0.246 e. The van der Waals surface area contributed by atoms with Gasteiger partial charge in [0.15, 0.2) is 0 Å². The Labute approximate surface area is 77.5 Å². The van der Waals surface area contributed by atoms with Gasteiger partial charge in [-0.1, -0.05) is 13.0 Å². The molecule has 0 aromatic heterocycles. The number of carbonyl (C=O) groups excluding carboxylic acids is 1. The van der Waals surface area contributed by atoms with Crippen LogP contribution in [0.5, 0.6) is 0 Å². The third-order valence-electron chi connectivity index (χ3n) is 2.07. The first-order chi connectivity index (χ1) is 6.15. The van der Waals surface area contributed by atoms with Gasteiger partial charge in [-0.3, -0.25) is 4.79 Å². The van der Waals surface area contributed by atoms with Crippen LogP contribution in [0.15, 0.2) is 12.2 Å². The molecule has 1 aliphatic heterocycles. The zero-order chi connectivity index (χ0) is 9.84. The number of aliphatic hydroxyl groups excluding tert-OH is 2. The molecule has 4 nitrogen and oxygen atoms in total. The van der Waals surface area contributed by atoms with Crippen LogP contribution in [0.25, 0.3) is 0 Å². The summed E-state index contributed by atoms with van der Waals surface area (Å²) >= 11 is 0. The number of likely N-dealkylation sites (tertiary alicyclic amines) is 1. The average Bonchev–Trinajstić information content (AvgIpc) is 2.43. The summed E-state index contributed by atoms with van der Waals surface area (Å²) in [6.07, 6.45) is 2.47. The molecule has 1 aliphatic rings. The summed E-state index contributed by atoms with van der Waals surface area (Å²) in [7, 11) is 0. The van der Waals surface area contributed by atoms with Crippen molar-refractivity contribution in [3.8, 4) is 0 Å². The third kappa shape index (κ3) is 2.54. The molecule has 1 saturated heterocycles. The fourth-order valence-corrected chi connectivity index (χ4v) is 1.27. The minimum Gasteiger partial charge on any atom is -0.388 e. The van der Waals surface area contributed by atoms with Crippen LogP contribution < -0.4 is 0 Å². The van der Waals surface area contributed by atoms with Crippen LogP contribution in [0, 0.1) is 0 Å². The number of rotatable bonds is 2. The van der Waals surface area contributed by atoms with Gasteiger partial charge in [-0.2, -0.15) is 0 Å². The lowest BCUT2D eigenvalue weighted by Crippen LogP contribution is -2.27. The maximum absolute atomic E-state index is 11.3. The van der Waals surface area contributed by atoms with E-state index in [0.717, 1.165) is 6.42 Å². The number of β-amino-alcohol motifs (C(OH)–C–C–N with tert-alkyl or cyclic N) is 2. The van der Waals surface area contributed by atoms with E-state index in [0.29, 0.717) is 0 Å². The van der Waals surface area contributed by atoms with Crippen LogP contribution in [0.3, 0.4) is 0 Å². The third-order valence-corrected chi connectivity index (χ3v) is 2.07. The fourth-order valence-electron chi connectivity index (χ4n) is 1.27. The van der Waals surface area contributed by atoms with E-state index in [-0.39, 0.29) is 19.0 Å². The van der Waals surface area contributed by atoms with E-state index in [2.05, 4.69) is 0 Å². The van der Waals surface area contributed by atoms with Crippen LogP contribution >= 0.6 is 0 Å². The lowest BCUT2D eigenvalue weighted by Gasteiger charge is -2.11. The van der Waals surface area contributed by atoms with Crippen molar-refractivity contribution in [2.45, 2.75) is 25.6 Å². The van der Waals surface area contributed by atoms with E-state index in [9.17, 15) is 15.0 Å². The number of nitrogens with zero attached hydrogens (tertiary/aromatic N) is 1. The Kier molecular flexibility index (Phi) is 3.45. The predicted molar refractivity (Wildman–Crippen MR) is 48.0 cm³/mol. The van der Waals surface area contributed by atoms with Crippen LogP contribution in [0.2, 0.25) is 0 Å². The average molecular weight is 185 g/mol. The molecule has 1 amide bonds. The Morgan fingerprint density at radius 3 is 2.46 bits per heavy atom. The first kappa shape index (κ1) is 10.2. The molecule has 0 aliphatic carbocycles. The number of amides is 1. The molecule has 74 valence electrons. The van der Waals surface area contributed by atoms with E-state index in [1.807, 2.05) is 6.92 Å². The van der Waals surface area contributed by atoms with Crippen molar-refractivity contribution >= 4 is 5.91 Å². The van der Waals surface area contributed by atoms with Crippen molar-refractivity contribution in [1.82, 2.24) is 4.90 Å². The molecule has 0 unspecified atom stereocenters. The van der Waals surface area contributed by atoms with Crippen molar-refractivity contribution < 1.29 is 15.0 Å². The zero-order valence-corrected chi connectivity index (χ0v) is 7.68. The molecule has 1 rings (SSSR count). The van der Waals surface area contributed by atoms with Gasteiger partial charge < -0.3 is 15.1 Å². The first-order valence-electron chi connectivity index (χ1n) is 4.46. The topological polar surface area (TPSA) is 60.8 Å².